The first kappa shape index (κ1) is 14.1. The Morgan fingerprint density at radius 2 is 2.00 bits per heavy atom. The lowest BCUT2D eigenvalue weighted by Gasteiger charge is -2.09. The topological polar surface area (TPSA) is 65.8 Å². The molecule has 0 amide bonds. The molecule has 0 aromatic heterocycles. The number of ketones is 1. The van der Waals surface area contributed by atoms with Crippen LogP contribution in [0.5, 0.6) is 0 Å². The predicted molar refractivity (Wildman–Crippen MR) is 78.9 cm³/mol. The van der Waals surface area contributed by atoms with Crippen molar-refractivity contribution in [2.24, 2.45) is 5.11 Å². The fourth-order valence-electron chi connectivity index (χ4n) is 2.04. The highest BCUT2D eigenvalue weighted by molar-refractivity contribution is 6.35. The summed E-state index contributed by atoms with van der Waals surface area (Å²) < 4.78 is 0. The van der Waals surface area contributed by atoms with Crippen molar-refractivity contribution in [2.45, 2.75) is 13.5 Å². The van der Waals surface area contributed by atoms with Gasteiger partial charge in [0.05, 0.1) is 11.6 Å². The van der Waals surface area contributed by atoms with Crippen molar-refractivity contribution in [1.29, 1.82) is 0 Å². The summed E-state index contributed by atoms with van der Waals surface area (Å²) in [6, 6.07) is 12.5. The summed E-state index contributed by atoms with van der Waals surface area (Å²) in [6.45, 7) is 2.04. The molecule has 0 atom stereocenters. The number of hydrogen-bond acceptors (Lipinski definition) is 2. The van der Waals surface area contributed by atoms with Crippen LogP contribution in [0.25, 0.3) is 10.4 Å². The van der Waals surface area contributed by atoms with Crippen molar-refractivity contribution >= 4 is 17.4 Å². The van der Waals surface area contributed by atoms with Crippen LogP contribution >= 0.6 is 11.6 Å². The molecule has 0 unspecified atom stereocenters. The van der Waals surface area contributed by atoms with Crippen molar-refractivity contribution in [3.8, 4) is 0 Å². The molecule has 2 aromatic carbocycles. The van der Waals surface area contributed by atoms with E-state index in [1.165, 1.54) is 0 Å². The van der Waals surface area contributed by atoms with Gasteiger partial charge in [0.25, 0.3) is 0 Å². The van der Waals surface area contributed by atoms with E-state index in [2.05, 4.69) is 10.0 Å². The van der Waals surface area contributed by atoms with Crippen LogP contribution < -0.4 is 0 Å². The summed E-state index contributed by atoms with van der Waals surface area (Å²) in [5, 5.41) is 3.87. The zero-order valence-corrected chi connectivity index (χ0v) is 11.6. The lowest BCUT2D eigenvalue weighted by molar-refractivity contribution is 0.103. The van der Waals surface area contributed by atoms with Gasteiger partial charge in [-0.1, -0.05) is 53.1 Å². The van der Waals surface area contributed by atoms with Gasteiger partial charge in [-0.3, -0.25) is 4.79 Å². The van der Waals surface area contributed by atoms with Crippen LogP contribution in [0.3, 0.4) is 0 Å². The van der Waals surface area contributed by atoms with E-state index in [1.54, 1.807) is 18.2 Å². The lowest BCUT2D eigenvalue weighted by atomic mass is 9.97. The largest absolute Gasteiger partial charge is 0.289 e. The Morgan fingerprint density at radius 3 is 2.60 bits per heavy atom. The highest BCUT2D eigenvalue weighted by Gasteiger charge is 2.16. The molecule has 0 saturated heterocycles. The minimum Gasteiger partial charge on any atom is -0.289 e. The Labute approximate surface area is 121 Å². The predicted octanol–water partition coefficient (Wildman–Crippen LogP) is 4.69. The van der Waals surface area contributed by atoms with Gasteiger partial charge in [0, 0.05) is 16.0 Å². The van der Waals surface area contributed by atoms with Crippen LogP contribution in [0.2, 0.25) is 5.02 Å². The molecule has 20 heavy (non-hydrogen) atoms. The zero-order chi connectivity index (χ0) is 14.5. The molecule has 0 bridgehead atoms. The SMILES string of the molecule is Cc1cc(CN=[N+]=[N-])cc(Cl)c1C(=O)c1ccccc1. The molecule has 0 aliphatic carbocycles. The first-order valence-corrected chi connectivity index (χ1v) is 6.41. The Hall–Kier alpha value is -2.29. The van der Waals surface area contributed by atoms with Gasteiger partial charge in [-0.15, -0.1) is 0 Å². The maximum Gasteiger partial charge on any atom is 0.194 e. The number of halogens is 1. The van der Waals surface area contributed by atoms with E-state index < -0.39 is 0 Å². The molecule has 2 aromatic rings. The van der Waals surface area contributed by atoms with Gasteiger partial charge in [0.1, 0.15) is 0 Å². The highest BCUT2D eigenvalue weighted by atomic mass is 35.5. The molecule has 0 saturated carbocycles. The molecule has 0 aliphatic heterocycles. The van der Waals surface area contributed by atoms with Gasteiger partial charge in [0.2, 0.25) is 0 Å². The van der Waals surface area contributed by atoms with Crippen LogP contribution in [-0.2, 0) is 6.54 Å². The summed E-state index contributed by atoms with van der Waals surface area (Å²) in [7, 11) is 0. The maximum absolute atomic E-state index is 12.4. The van der Waals surface area contributed by atoms with Crippen LogP contribution in [0.15, 0.2) is 47.6 Å². The van der Waals surface area contributed by atoms with Crippen molar-refractivity contribution in [3.05, 3.63) is 80.2 Å². The zero-order valence-electron chi connectivity index (χ0n) is 10.9. The number of rotatable bonds is 4. The third-order valence-electron chi connectivity index (χ3n) is 2.93. The molecule has 2 rings (SSSR count). The number of nitrogens with zero attached hydrogens (tertiary/aromatic N) is 3. The molecule has 0 heterocycles. The van der Waals surface area contributed by atoms with Gasteiger partial charge < -0.3 is 0 Å². The van der Waals surface area contributed by atoms with Crippen LogP contribution in [0.1, 0.15) is 27.0 Å². The molecule has 0 aliphatic rings. The maximum atomic E-state index is 12.4. The highest BCUT2D eigenvalue weighted by Crippen LogP contribution is 2.25. The molecule has 0 N–H and O–H groups in total. The first-order valence-electron chi connectivity index (χ1n) is 6.03. The Morgan fingerprint density at radius 1 is 1.30 bits per heavy atom. The molecule has 0 fully saturated rings. The molecule has 0 radical (unpaired) electrons. The summed E-state index contributed by atoms with van der Waals surface area (Å²) >= 11 is 6.20. The van der Waals surface area contributed by atoms with Crippen LogP contribution in [0.4, 0.5) is 0 Å². The number of aryl methyl sites for hydroxylation is 1. The molecule has 5 heteroatoms. The normalized spacial score (nSPS) is 9.90. The Bertz CT molecular complexity index is 669. The van der Waals surface area contributed by atoms with Crippen LogP contribution in [0, 0.1) is 6.92 Å². The fraction of sp³-hybridized carbons (Fsp3) is 0.133. The van der Waals surface area contributed by atoms with E-state index in [0.29, 0.717) is 16.1 Å². The summed E-state index contributed by atoms with van der Waals surface area (Å²) in [4.78, 5) is 15.2. The van der Waals surface area contributed by atoms with Crippen molar-refractivity contribution in [2.75, 3.05) is 0 Å². The molecular weight excluding hydrogens is 274 g/mol. The van der Waals surface area contributed by atoms with Crippen molar-refractivity contribution in [1.82, 2.24) is 0 Å². The molecule has 100 valence electrons. The van der Waals surface area contributed by atoms with E-state index in [-0.39, 0.29) is 12.3 Å². The van der Waals surface area contributed by atoms with Crippen molar-refractivity contribution in [3.63, 3.8) is 0 Å². The third kappa shape index (κ3) is 2.99. The summed E-state index contributed by atoms with van der Waals surface area (Å²) in [6.07, 6.45) is 0. The third-order valence-corrected chi connectivity index (χ3v) is 3.22. The monoisotopic (exact) mass is 285 g/mol. The quantitative estimate of drug-likeness (QED) is 0.348. The van der Waals surface area contributed by atoms with Gasteiger partial charge in [-0.05, 0) is 29.6 Å². The smallest absolute Gasteiger partial charge is 0.194 e. The number of carbonyl (C=O) groups excluding carboxylic acids is 1. The number of benzene rings is 2. The second-order valence-electron chi connectivity index (χ2n) is 4.35. The standard InChI is InChI=1S/C15H12ClN3O/c1-10-7-11(9-18-19-17)8-13(16)14(10)15(20)12-5-3-2-4-6-12/h2-8H,9H2,1H3. The Kier molecular flexibility index (Phi) is 4.41. The van der Waals surface area contributed by atoms with Gasteiger partial charge in [0.15, 0.2) is 5.78 Å². The van der Waals surface area contributed by atoms with Crippen LogP contribution in [-0.4, -0.2) is 5.78 Å². The van der Waals surface area contributed by atoms with E-state index in [1.807, 2.05) is 31.2 Å². The molecule has 0 spiro atoms. The number of hydrogen-bond donors (Lipinski definition) is 0. The van der Waals surface area contributed by atoms with E-state index in [9.17, 15) is 4.79 Å². The van der Waals surface area contributed by atoms with Gasteiger partial charge >= 0.3 is 0 Å². The van der Waals surface area contributed by atoms with E-state index in [4.69, 9.17) is 17.1 Å². The van der Waals surface area contributed by atoms with Crippen molar-refractivity contribution < 1.29 is 4.79 Å². The second-order valence-corrected chi connectivity index (χ2v) is 4.76. The number of azide groups is 1. The average Bonchev–Trinajstić information content (AvgIpc) is 2.45. The first-order chi connectivity index (χ1) is 9.63. The lowest BCUT2D eigenvalue weighted by Crippen LogP contribution is -2.05. The Balaban J connectivity index is 2.43. The number of carbonyl (C=O) groups is 1. The van der Waals surface area contributed by atoms with Gasteiger partial charge in [-0.2, -0.15) is 0 Å². The fourth-order valence-corrected chi connectivity index (χ4v) is 2.42. The minimum absolute atomic E-state index is 0.108. The summed E-state index contributed by atoms with van der Waals surface area (Å²) in [5.41, 5.74) is 11.0. The van der Waals surface area contributed by atoms with E-state index in [0.717, 1.165) is 11.1 Å². The molecule has 4 nitrogen and oxygen atoms in total. The average molecular weight is 286 g/mol. The van der Waals surface area contributed by atoms with E-state index >= 15 is 0 Å². The molecular formula is C15H12ClN3O. The summed E-state index contributed by atoms with van der Waals surface area (Å²) in [5.74, 6) is -0.108. The minimum atomic E-state index is -0.108. The second kappa shape index (κ2) is 6.24. The van der Waals surface area contributed by atoms with Gasteiger partial charge in [-0.25, -0.2) is 0 Å².